The van der Waals surface area contributed by atoms with Crippen LogP contribution in [0.2, 0.25) is 0 Å². The van der Waals surface area contributed by atoms with Crippen LogP contribution in [0.15, 0.2) is 24.3 Å². The predicted molar refractivity (Wildman–Crippen MR) is 75.9 cm³/mol. The van der Waals surface area contributed by atoms with E-state index in [0.717, 1.165) is 16.7 Å². The van der Waals surface area contributed by atoms with Crippen molar-refractivity contribution in [2.24, 2.45) is 0 Å². The molecule has 1 aliphatic rings. The molecule has 1 aliphatic carbocycles. The maximum Gasteiger partial charge on any atom is 0.251 e. The molecule has 100 valence electrons. The molecule has 3 heteroatoms. The van der Waals surface area contributed by atoms with Crippen molar-refractivity contribution in [2.45, 2.75) is 32.6 Å². The van der Waals surface area contributed by atoms with Crippen molar-refractivity contribution in [3.63, 3.8) is 0 Å². The Kier molecular flexibility index (Phi) is 3.31. The summed E-state index contributed by atoms with van der Waals surface area (Å²) >= 11 is 0. The topological polar surface area (TPSA) is 46.2 Å². The van der Waals surface area contributed by atoms with Gasteiger partial charge in [0.1, 0.15) is 0 Å². The number of rotatable bonds is 1. The van der Waals surface area contributed by atoms with Gasteiger partial charge in [0.25, 0.3) is 5.91 Å². The monoisotopic (exact) mass is 257 g/mol. The molecule has 2 rings (SSSR count). The quantitative estimate of drug-likeness (QED) is 0.838. The van der Waals surface area contributed by atoms with Gasteiger partial charge in [-0.15, -0.1) is 0 Å². The second-order valence-electron chi connectivity index (χ2n) is 5.90. The first-order chi connectivity index (χ1) is 8.82. The van der Waals surface area contributed by atoms with E-state index in [2.05, 4.69) is 26.1 Å². The van der Waals surface area contributed by atoms with Gasteiger partial charge in [-0.05, 0) is 28.2 Å². The number of fused-ring (bicyclic) bond motifs is 1. The van der Waals surface area contributed by atoms with E-state index in [1.807, 2.05) is 18.2 Å². The van der Waals surface area contributed by atoms with Crippen LogP contribution in [0.4, 0.5) is 0 Å². The minimum atomic E-state index is -0.208. The summed E-state index contributed by atoms with van der Waals surface area (Å²) in [6.07, 6.45) is 1.83. The Hall–Kier alpha value is -1.90. The third-order valence-corrected chi connectivity index (χ3v) is 3.41. The molecule has 0 spiro atoms. The van der Waals surface area contributed by atoms with Crippen LogP contribution in [-0.4, -0.2) is 18.7 Å². The molecule has 0 fully saturated rings. The predicted octanol–water partition coefficient (Wildman–Crippen LogP) is 2.24. The zero-order chi connectivity index (χ0) is 14.2. The molecule has 0 saturated heterocycles. The van der Waals surface area contributed by atoms with E-state index in [1.54, 1.807) is 7.05 Å². The van der Waals surface area contributed by atoms with Crippen molar-refractivity contribution in [1.29, 1.82) is 0 Å². The minimum absolute atomic E-state index is 0.0181. The summed E-state index contributed by atoms with van der Waals surface area (Å²) < 4.78 is 0. The fourth-order valence-corrected chi connectivity index (χ4v) is 2.25. The van der Waals surface area contributed by atoms with Gasteiger partial charge in [0.15, 0.2) is 5.78 Å². The van der Waals surface area contributed by atoms with Crippen LogP contribution in [0.1, 0.15) is 37.5 Å². The largest absolute Gasteiger partial charge is 0.355 e. The van der Waals surface area contributed by atoms with Crippen molar-refractivity contribution in [1.82, 2.24) is 5.32 Å². The van der Waals surface area contributed by atoms with Gasteiger partial charge in [0, 0.05) is 13.5 Å². The van der Waals surface area contributed by atoms with Gasteiger partial charge in [0.2, 0.25) is 0 Å². The molecule has 3 nitrogen and oxygen atoms in total. The first-order valence-electron chi connectivity index (χ1n) is 6.43. The summed E-state index contributed by atoms with van der Waals surface area (Å²) in [7, 11) is 1.58. The van der Waals surface area contributed by atoms with E-state index in [4.69, 9.17) is 0 Å². The highest BCUT2D eigenvalue weighted by Gasteiger charge is 2.24. The maximum absolute atomic E-state index is 11.9. The van der Waals surface area contributed by atoms with Gasteiger partial charge in [-0.3, -0.25) is 9.59 Å². The van der Waals surface area contributed by atoms with E-state index >= 15 is 0 Å². The molecule has 1 aromatic rings. The highest BCUT2D eigenvalue weighted by atomic mass is 16.2. The van der Waals surface area contributed by atoms with E-state index in [0.29, 0.717) is 12.0 Å². The molecule has 0 aromatic heterocycles. The number of nitrogens with one attached hydrogen (secondary N) is 1. The fourth-order valence-electron chi connectivity index (χ4n) is 2.25. The average molecular weight is 257 g/mol. The summed E-state index contributed by atoms with van der Waals surface area (Å²) in [5, 5.41) is 2.59. The first-order valence-corrected chi connectivity index (χ1v) is 6.43. The highest BCUT2D eigenvalue weighted by Crippen LogP contribution is 2.30. The van der Waals surface area contributed by atoms with Crippen LogP contribution in [0, 0.1) is 0 Å². The summed E-state index contributed by atoms with van der Waals surface area (Å²) in [6, 6.07) is 6.03. The molecule has 0 atom stereocenters. The number of hydrogen-bond acceptors (Lipinski definition) is 2. The Morgan fingerprint density at radius 3 is 2.53 bits per heavy atom. The van der Waals surface area contributed by atoms with E-state index in [9.17, 15) is 9.59 Å². The lowest BCUT2D eigenvalue weighted by atomic mass is 9.81. The number of hydrogen-bond donors (Lipinski definition) is 1. The molecule has 0 bridgehead atoms. The average Bonchev–Trinajstić information content (AvgIpc) is 2.35. The minimum Gasteiger partial charge on any atom is -0.355 e. The van der Waals surface area contributed by atoms with Gasteiger partial charge < -0.3 is 5.32 Å². The third kappa shape index (κ3) is 2.60. The van der Waals surface area contributed by atoms with E-state index < -0.39 is 0 Å². The molecule has 0 heterocycles. The summed E-state index contributed by atoms with van der Waals surface area (Å²) in [6.45, 7) is 6.39. The van der Waals surface area contributed by atoms with Crippen LogP contribution < -0.4 is 5.32 Å². The van der Waals surface area contributed by atoms with Gasteiger partial charge in [-0.25, -0.2) is 0 Å². The molecule has 0 saturated carbocycles. The Bertz CT molecular complexity index is 577. The first kappa shape index (κ1) is 13.5. The lowest BCUT2D eigenvalue weighted by molar-refractivity contribution is -0.116. The lowest BCUT2D eigenvalue weighted by Crippen LogP contribution is -2.24. The van der Waals surface area contributed by atoms with Crippen molar-refractivity contribution < 1.29 is 9.59 Å². The van der Waals surface area contributed by atoms with Crippen LogP contribution in [0.25, 0.3) is 5.57 Å². The molecule has 0 aliphatic heterocycles. The zero-order valence-corrected chi connectivity index (χ0v) is 11.8. The molecule has 1 aromatic carbocycles. The molecule has 0 radical (unpaired) electrons. The van der Waals surface area contributed by atoms with Crippen molar-refractivity contribution in [3.05, 3.63) is 41.0 Å². The SMILES string of the molecule is CNC(=O)C1=CC(=O)Cc2ccc(C(C)(C)C)cc21. The van der Waals surface area contributed by atoms with Gasteiger partial charge >= 0.3 is 0 Å². The Balaban J connectivity index is 2.58. The van der Waals surface area contributed by atoms with E-state index in [-0.39, 0.29) is 17.1 Å². The fraction of sp³-hybridized carbons (Fsp3) is 0.375. The summed E-state index contributed by atoms with van der Waals surface area (Å²) in [5.41, 5.74) is 3.46. The summed E-state index contributed by atoms with van der Waals surface area (Å²) in [4.78, 5) is 23.6. The molecular weight excluding hydrogens is 238 g/mol. The second-order valence-corrected chi connectivity index (χ2v) is 5.90. The van der Waals surface area contributed by atoms with Crippen molar-refractivity contribution in [3.8, 4) is 0 Å². The van der Waals surface area contributed by atoms with Crippen molar-refractivity contribution >= 4 is 17.3 Å². The molecular formula is C16H19NO2. The second kappa shape index (κ2) is 4.65. The molecule has 1 amide bonds. The Labute approximate surface area is 113 Å². The van der Waals surface area contributed by atoms with Crippen LogP contribution in [-0.2, 0) is 21.4 Å². The number of ketones is 1. The molecule has 19 heavy (non-hydrogen) atoms. The van der Waals surface area contributed by atoms with E-state index in [1.165, 1.54) is 6.08 Å². The number of carbonyl (C=O) groups excluding carboxylic acids is 2. The van der Waals surface area contributed by atoms with Crippen LogP contribution in [0.5, 0.6) is 0 Å². The number of amides is 1. The molecule has 0 unspecified atom stereocenters. The number of benzene rings is 1. The lowest BCUT2D eigenvalue weighted by Gasteiger charge is -2.23. The number of carbonyl (C=O) groups is 2. The maximum atomic E-state index is 11.9. The molecule has 1 N–H and O–H groups in total. The number of allylic oxidation sites excluding steroid dienone is 1. The Morgan fingerprint density at radius 1 is 1.26 bits per heavy atom. The third-order valence-electron chi connectivity index (χ3n) is 3.41. The van der Waals surface area contributed by atoms with Gasteiger partial charge in [-0.2, -0.15) is 0 Å². The standard InChI is InChI=1S/C16H19NO2/c1-16(2,3)11-6-5-10-7-12(18)9-14(13(10)8-11)15(19)17-4/h5-6,8-9H,7H2,1-4H3,(H,17,19). The normalized spacial score (nSPS) is 14.7. The van der Waals surface area contributed by atoms with Crippen molar-refractivity contribution in [2.75, 3.05) is 7.05 Å². The van der Waals surface area contributed by atoms with Gasteiger partial charge in [-0.1, -0.05) is 39.0 Å². The van der Waals surface area contributed by atoms with Gasteiger partial charge in [0.05, 0.1) is 5.57 Å². The number of likely N-dealkylation sites (N-methyl/N-ethyl adjacent to an activating group) is 1. The Morgan fingerprint density at radius 2 is 1.95 bits per heavy atom. The van der Waals surface area contributed by atoms with Crippen LogP contribution >= 0.6 is 0 Å². The smallest absolute Gasteiger partial charge is 0.251 e. The highest BCUT2D eigenvalue weighted by molar-refractivity contribution is 6.25. The zero-order valence-electron chi connectivity index (χ0n) is 11.8. The summed E-state index contributed by atoms with van der Waals surface area (Å²) in [5.74, 6) is -0.227. The van der Waals surface area contributed by atoms with Crippen LogP contribution in [0.3, 0.4) is 0 Å².